The van der Waals surface area contributed by atoms with Gasteiger partial charge < -0.3 is 4.98 Å². The molecule has 1 aromatic carbocycles. The normalized spacial score (nSPS) is 11.5. The molecule has 0 aliphatic rings. The molecule has 0 unspecified atom stereocenters. The number of aryl methyl sites for hydroxylation is 2. The number of hydrogen-bond acceptors (Lipinski definition) is 2. The first-order valence-electron chi connectivity index (χ1n) is 6.59. The third-order valence-corrected chi connectivity index (χ3v) is 3.61. The van der Waals surface area contributed by atoms with Gasteiger partial charge in [0.1, 0.15) is 5.65 Å². The fraction of sp³-hybridized carbons (Fsp3) is 0.125. The van der Waals surface area contributed by atoms with E-state index in [1.54, 1.807) is 0 Å². The molecule has 4 rings (SSSR count). The zero-order valence-corrected chi connectivity index (χ0v) is 11.4. The van der Waals surface area contributed by atoms with Gasteiger partial charge in [0, 0.05) is 41.5 Å². The summed E-state index contributed by atoms with van der Waals surface area (Å²) >= 11 is 0. The number of rotatable bonds is 1. The van der Waals surface area contributed by atoms with Crippen LogP contribution in [0, 0.1) is 6.92 Å². The SMILES string of the molecule is Cc1ccc2c(-c3ccc4nn(C)cc4c3)c[nH]c2n1. The molecule has 0 bridgehead atoms. The summed E-state index contributed by atoms with van der Waals surface area (Å²) in [4.78, 5) is 7.77. The minimum absolute atomic E-state index is 0.936. The van der Waals surface area contributed by atoms with Crippen LogP contribution < -0.4 is 0 Å². The van der Waals surface area contributed by atoms with Gasteiger partial charge in [-0.15, -0.1) is 0 Å². The molecule has 0 spiro atoms. The second-order valence-electron chi connectivity index (χ2n) is 5.13. The van der Waals surface area contributed by atoms with Gasteiger partial charge in [0.05, 0.1) is 5.52 Å². The monoisotopic (exact) mass is 262 g/mol. The molecule has 0 fully saturated rings. The second-order valence-corrected chi connectivity index (χ2v) is 5.13. The van der Waals surface area contributed by atoms with Crippen LogP contribution in [0.5, 0.6) is 0 Å². The fourth-order valence-electron chi connectivity index (χ4n) is 2.66. The Morgan fingerprint density at radius 2 is 2.05 bits per heavy atom. The Kier molecular flexibility index (Phi) is 2.21. The molecule has 0 saturated carbocycles. The van der Waals surface area contributed by atoms with E-state index in [9.17, 15) is 0 Å². The summed E-state index contributed by atoms with van der Waals surface area (Å²) in [6.45, 7) is 2.00. The smallest absolute Gasteiger partial charge is 0.138 e. The van der Waals surface area contributed by atoms with E-state index in [1.165, 1.54) is 11.1 Å². The van der Waals surface area contributed by atoms with Gasteiger partial charge >= 0.3 is 0 Å². The van der Waals surface area contributed by atoms with Gasteiger partial charge in [-0.2, -0.15) is 5.10 Å². The maximum atomic E-state index is 4.52. The van der Waals surface area contributed by atoms with Crippen molar-refractivity contribution in [2.24, 2.45) is 7.05 Å². The van der Waals surface area contributed by atoms with Crippen LogP contribution in [0.15, 0.2) is 42.7 Å². The van der Waals surface area contributed by atoms with Crippen molar-refractivity contribution < 1.29 is 0 Å². The van der Waals surface area contributed by atoms with Crippen LogP contribution in [-0.4, -0.2) is 19.7 Å². The number of aromatic nitrogens is 4. The van der Waals surface area contributed by atoms with E-state index in [4.69, 9.17) is 0 Å². The number of H-pyrrole nitrogens is 1. The highest BCUT2D eigenvalue weighted by atomic mass is 15.2. The predicted molar refractivity (Wildman–Crippen MR) is 80.5 cm³/mol. The molecule has 4 nitrogen and oxygen atoms in total. The third-order valence-electron chi connectivity index (χ3n) is 3.61. The van der Waals surface area contributed by atoms with Crippen LogP contribution in [-0.2, 0) is 7.05 Å². The molecule has 98 valence electrons. The first-order valence-corrected chi connectivity index (χ1v) is 6.59. The summed E-state index contributed by atoms with van der Waals surface area (Å²) in [5, 5.41) is 6.71. The molecule has 4 heteroatoms. The Morgan fingerprint density at radius 1 is 1.15 bits per heavy atom. The summed E-state index contributed by atoms with van der Waals surface area (Å²) in [5.41, 5.74) is 5.34. The first kappa shape index (κ1) is 11.2. The van der Waals surface area contributed by atoms with Gasteiger partial charge in [-0.25, -0.2) is 4.98 Å². The van der Waals surface area contributed by atoms with E-state index in [0.717, 1.165) is 27.6 Å². The summed E-state index contributed by atoms with van der Waals surface area (Å²) < 4.78 is 1.84. The lowest BCUT2D eigenvalue weighted by Crippen LogP contribution is -1.84. The van der Waals surface area contributed by atoms with Crippen molar-refractivity contribution in [2.75, 3.05) is 0 Å². The van der Waals surface area contributed by atoms with E-state index >= 15 is 0 Å². The Labute approximate surface area is 116 Å². The minimum Gasteiger partial charge on any atom is -0.346 e. The largest absolute Gasteiger partial charge is 0.346 e. The van der Waals surface area contributed by atoms with Crippen molar-refractivity contribution >= 4 is 21.9 Å². The Balaban J connectivity index is 1.95. The van der Waals surface area contributed by atoms with Crippen LogP contribution in [0.2, 0.25) is 0 Å². The highest BCUT2D eigenvalue weighted by Crippen LogP contribution is 2.29. The number of fused-ring (bicyclic) bond motifs is 2. The Bertz CT molecular complexity index is 930. The summed E-state index contributed by atoms with van der Waals surface area (Å²) in [7, 11) is 1.94. The van der Waals surface area contributed by atoms with Gasteiger partial charge in [-0.3, -0.25) is 4.68 Å². The maximum absolute atomic E-state index is 4.52. The van der Waals surface area contributed by atoms with Crippen LogP contribution in [0.25, 0.3) is 33.1 Å². The molecular formula is C16H14N4. The Hall–Kier alpha value is -2.62. The molecule has 0 amide bonds. The van der Waals surface area contributed by atoms with Crippen molar-refractivity contribution in [1.82, 2.24) is 19.7 Å². The van der Waals surface area contributed by atoms with Gasteiger partial charge in [0.25, 0.3) is 0 Å². The molecule has 20 heavy (non-hydrogen) atoms. The molecule has 4 aromatic rings. The van der Waals surface area contributed by atoms with Gasteiger partial charge in [-0.1, -0.05) is 6.07 Å². The molecule has 0 atom stereocenters. The molecule has 0 aliphatic carbocycles. The van der Waals surface area contributed by atoms with Crippen LogP contribution >= 0.6 is 0 Å². The van der Waals surface area contributed by atoms with E-state index in [2.05, 4.69) is 39.3 Å². The number of aromatic amines is 1. The fourth-order valence-corrected chi connectivity index (χ4v) is 2.66. The Morgan fingerprint density at radius 3 is 2.95 bits per heavy atom. The summed E-state index contributed by atoms with van der Waals surface area (Å²) in [6.07, 6.45) is 4.06. The molecule has 0 aliphatic heterocycles. The lowest BCUT2D eigenvalue weighted by molar-refractivity contribution is 0.780. The summed E-state index contributed by atoms with van der Waals surface area (Å²) in [5.74, 6) is 0. The van der Waals surface area contributed by atoms with Crippen molar-refractivity contribution in [3.8, 4) is 11.1 Å². The van der Waals surface area contributed by atoms with Crippen LogP contribution in [0.1, 0.15) is 5.69 Å². The van der Waals surface area contributed by atoms with Gasteiger partial charge in [-0.05, 0) is 36.8 Å². The highest BCUT2D eigenvalue weighted by molar-refractivity contribution is 5.96. The molecule has 3 aromatic heterocycles. The number of hydrogen-bond donors (Lipinski definition) is 1. The van der Waals surface area contributed by atoms with Crippen molar-refractivity contribution in [2.45, 2.75) is 6.92 Å². The molecule has 0 radical (unpaired) electrons. The van der Waals surface area contributed by atoms with Gasteiger partial charge in [0.15, 0.2) is 0 Å². The number of pyridine rings is 1. The topological polar surface area (TPSA) is 46.5 Å². The predicted octanol–water partition coefficient (Wildman–Crippen LogP) is 3.43. The quantitative estimate of drug-likeness (QED) is 0.571. The lowest BCUT2D eigenvalue weighted by Gasteiger charge is -2.00. The summed E-state index contributed by atoms with van der Waals surface area (Å²) in [6, 6.07) is 10.5. The van der Waals surface area contributed by atoms with E-state index in [1.807, 2.05) is 37.1 Å². The van der Waals surface area contributed by atoms with E-state index in [0.29, 0.717) is 0 Å². The first-order chi connectivity index (χ1) is 9.70. The molecule has 0 saturated heterocycles. The number of nitrogens with zero attached hydrogens (tertiary/aromatic N) is 3. The highest BCUT2D eigenvalue weighted by Gasteiger charge is 2.08. The number of nitrogens with one attached hydrogen (secondary N) is 1. The maximum Gasteiger partial charge on any atom is 0.138 e. The standard InChI is InChI=1S/C16H14N4/c1-10-3-5-13-14(8-17-16(13)18-10)11-4-6-15-12(7-11)9-20(2)19-15/h3-9H,1-2H3,(H,17,18). The third kappa shape index (κ3) is 1.61. The average molecular weight is 262 g/mol. The molecule has 3 heterocycles. The van der Waals surface area contributed by atoms with E-state index < -0.39 is 0 Å². The van der Waals surface area contributed by atoms with Crippen molar-refractivity contribution in [1.29, 1.82) is 0 Å². The molecule has 1 N–H and O–H groups in total. The number of benzene rings is 1. The van der Waals surface area contributed by atoms with Crippen LogP contribution in [0.3, 0.4) is 0 Å². The van der Waals surface area contributed by atoms with Gasteiger partial charge in [0.2, 0.25) is 0 Å². The van der Waals surface area contributed by atoms with E-state index in [-0.39, 0.29) is 0 Å². The van der Waals surface area contributed by atoms with Crippen molar-refractivity contribution in [3.63, 3.8) is 0 Å². The van der Waals surface area contributed by atoms with Crippen LogP contribution in [0.4, 0.5) is 0 Å². The zero-order chi connectivity index (χ0) is 13.7. The minimum atomic E-state index is 0.936. The second kappa shape index (κ2) is 3.93. The van der Waals surface area contributed by atoms with Crippen molar-refractivity contribution in [3.05, 3.63) is 48.4 Å². The zero-order valence-electron chi connectivity index (χ0n) is 11.4. The lowest BCUT2D eigenvalue weighted by atomic mass is 10.0. The molecular weight excluding hydrogens is 248 g/mol. The average Bonchev–Trinajstić information content (AvgIpc) is 2.99.